The Morgan fingerprint density at radius 3 is 2.06 bits per heavy atom. The van der Waals surface area contributed by atoms with Crippen LogP contribution in [0.3, 0.4) is 0 Å². The molecule has 0 spiro atoms. The van der Waals surface area contributed by atoms with Crippen molar-refractivity contribution in [3.05, 3.63) is 90.5 Å². The van der Waals surface area contributed by atoms with Crippen molar-refractivity contribution in [1.82, 2.24) is 4.90 Å². The van der Waals surface area contributed by atoms with Crippen LogP contribution in [0.1, 0.15) is 10.4 Å². The number of nitrogens with zero attached hydrogens (tertiary/aromatic N) is 3. The highest BCUT2D eigenvalue weighted by Crippen LogP contribution is 2.24. The van der Waals surface area contributed by atoms with Gasteiger partial charge in [-0.15, -0.1) is 0 Å². The van der Waals surface area contributed by atoms with E-state index in [4.69, 9.17) is 0 Å². The van der Waals surface area contributed by atoms with Crippen LogP contribution in [0.4, 0.5) is 11.4 Å². The van der Waals surface area contributed by atoms with Crippen LogP contribution in [-0.4, -0.2) is 52.5 Å². The normalized spacial score (nSPS) is 14.4. The van der Waals surface area contributed by atoms with E-state index in [0.29, 0.717) is 24.3 Å². The van der Waals surface area contributed by atoms with Gasteiger partial charge in [0, 0.05) is 44.5 Å². The Kier molecular flexibility index (Phi) is 5.95. The molecule has 0 N–H and O–H groups in total. The molecule has 0 bridgehead atoms. The van der Waals surface area contributed by atoms with E-state index >= 15 is 0 Å². The van der Waals surface area contributed by atoms with Gasteiger partial charge in [0.2, 0.25) is 0 Å². The Balaban J connectivity index is 1.48. The van der Waals surface area contributed by atoms with E-state index in [1.54, 1.807) is 54.6 Å². The van der Waals surface area contributed by atoms with Crippen LogP contribution in [-0.2, 0) is 10.0 Å². The topological polar surface area (TPSA) is 60.9 Å². The van der Waals surface area contributed by atoms with Gasteiger partial charge in [0.05, 0.1) is 10.6 Å². The number of carbonyl (C=O) groups is 1. The maximum atomic E-state index is 13.1. The van der Waals surface area contributed by atoms with Gasteiger partial charge < -0.3 is 9.80 Å². The van der Waals surface area contributed by atoms with Gasteiger partial charge >= 0.3 is 0 Å². The van der Waals surface area contributed by atoms with Gasteiger partial charge in [0.25, 0.3) is 15.9 Å². The predicted molar refractivity (Wildman–Crippen MR) is 123 cm³/mol. The fourth-order valence-electron chi connectivity index (χ4n) is 3.71. The molecule has 3 aromatic rings. The maximum absolute atomic E-state index is 13.1. The highest BCUT2D eigenvalue weighted by Gasteiger charge is 2.25. The molecule has 1 saturated heterocycles. The molecule has 7 heteroatoms. The molecule has 1 amide bonds. The number of sulfonamides is 1. The average molecular weight is 436 g/mol. The number of para-hydroxylation sites is 1. The molecule has 0 unspecified atom stereocenters. The molecule has 1 fully saturated rings. The summed E-state index contributed by atoms with van der Waals surface area (Å²) in [5, 5.41) is 0. The van der Waals surface area contributed by atoms with Crippen LogP contribution in [0.15, 0.2) is 89.8 Å². The highest BCUT2D eigenvalue weighted by molar-refractivity contribution is 7.92. The summed E-state index contributed by atoms with van der Waals surface area (Å²) in [6, 6.07) is 25.2. The molecule has 1 aliphatic rings. The van der Waals surface area contributed by atoms with Crippen molar-refractivity contribution in [2.24, 2.45) is 0 Å². The fraction of sp³-hybridized carbons (Fsp3) is 0.208. The minimum Gasteiger partial charge on any atom is -0.368 e. The molecular weight excluding hydrogens is 410 g/mol. The van der Waals surface area contributed by atoms with Gasteiger partial charge in [-0.05, 0) is 42.5 Å². The lowest BCUT2D eigenvalue weighted by Crippen LogP contribution is -2.48. The lowest BCUT2D eigenvalue weighted by atomic mass is 10.1. The number of anilines is 2. The van der Waals surface area contributed by atoms with Crippen LogP contribution < -0.4 is 9.21 Å². The standard InChI is InChI=1S/C24H25N3O3S/c1-25(31(29,30)23-13-6-3-7-14-23)22-12-8-9-20(19-22)24(28)27-17-15-26(16-18-27)21-10-4-2-5-11-21/h2-14,19H,15-18H2,1H3. The first kappa shape index (κ1) is 20.9. The second kappa shape index (κ2) is 8.81. The molecule has 0 saturated carbocycles. The molecule has 1 heterocycles. The van der Waals surface area contributed by atoms with Crippen molar-refractivity contribution >= 4 is 27.3 Å². The molecule has 6 nitrogen and oxygen atoms in total. The van der Waals surface area contributed by atoms with Crippen molar-refractivity contribution < 1.29 is 13.2 Å². The van der Waals surface area contributed by atoms with Crippen LogP contribution in [0.2, 0.25) is 0 Å². The Hall–Kier alpha value is -3.32. The summed E-state index contributed by atoms with van der Waals surface area (Å²) in [6.07, 6.45) is 0. The molecule has 3 aromatic carbocycles. The first-order valence-corrected chi connectivity index (χ1v) is 11.6. The summed E-state index contributed by atoms with van der Waals surface area (Å²) in [5.41, 5.74) is 2.10. The van der Waals surface area contributed by atoms with Gasteiger partial charge in [0.1, 0.15) is 0 Å². The van der Waals surface area contributed by atoms with E-state index in [9.17, 15) is 13.2 Å². The van der Waals surface area contributed by atoms with Crippen molar-refractivity contribution in [1.29, 1.82) is 0 Å². The van der Waals surface area contributed by atoms with Gasteiger partial charge in [-0.25, -0.2) is 8.42 Å². The maximum Gasteiger partial charge on any atom is 0.264 e. The van der Waals surface area contributed by atoms with Crippen LogP contribution in [0.5, 0.6) is 0 Å². The summed E-state index contributed by atoms with van der Waals surface area (Å²) >= 11 is 0. The van der Waals surface area contributed by atoms with E-state index in [1.165, 1.54) is 11.4 Å². The molecule has 0 radical (unpaired) electrons. The number of hydrogen-bond acceptors (Lipinski definition) is 4. The molecule has 0 aromatic heterocycles. The summed E-state index contributed by atoms with van der Waals surface area (Å²) in [4.78, 5) is 17.4. The fourth-order valence-corrected chi connectivity index (χ4v) is 4.92. The predicted octanol–water partition coefficient (Wildman–Crippen LogP) is 3.47. The van der Waals surface area contributed by atoms with Crippen LogP contribution in [0, 0.1) is 0 Å². The van der Waals surface area contributed by atoms with E-state index in [1.807, 2.05) is 23.1 Å². The number of hydrogen-bond donors (Lipinski definition) is 0. The summed E-state index contributed by atoms with van der Waals surface area (Å²) < 4.78 is 27.0. The van der Waals surface area contributed by atoms with Crippen molar-refractivity contribution in [3.63, 3.8) is 0 Å². The first-order valence-electron chi connectivity index (χ1n) is 10.2. The lowest BCUT2D eigenvalue weighted by molar-refractivity contribution is 0.0747. The van der Waals surface area contributed by atoms with E-state index in [0.717, 1.165) is 18.8 Å². The molecule has 0 atom stereocenters. The first-order chi connectivity index (χ1) is 15.0. The van der Waals surface area contributed by atoms with Gasteiger partial charge in [-0.2, -0.15) is 0 Å². The number of carbonyl (C=O) groups excluding carboxylic acids is 1. The molecule has 160 valence electrons. The van der Waals surface area contributed by atoms with Gasteiger partial charge in [0.15, 0.2) is 0 Å². The Morgan fingerprint density at radius 2 is 1.42 bits per heavy atom. The molecule has 31 heavy (non-hydrogen) atoms. The summed E-state index contributed by atoms with van der Waals surface area (Å²) in [7, 11) is -2.19. The zero-order chi connectivity index (χ0) is 21.8. The number of amides is 1. The summed E-state index contributed by atoms with van der Waals surface area (Å²) in [6.45, 7) is 2.77. The molecule has 0 aliphatic carbocycles. The Morgan fingerprint density at radius 1 is 0.806 bits per heavy atom. The molecular formula is C24H25N3O3S. The van der Waals surface area contributed by atoms with Gasteiger partial charge in [-0.1, -0.05) is 42.5 Å². The number of benzene rings is 3. The Labute approximate surface area is 183 Å². The third-order valence-electron chi connectivity index (χ3n) is 5.55. The Bertz CT molecular complexity index is 1140. The zero-order valence-electron chi connectivity index (χ0n) is 17.4. The molecule has 1 aliphatic heterocycles. The van der Waals surface area contributed by atoms with Crippen LogP contribution in [0.25, 0.3) is 0 Å². The number of piperazine rings is 1. The van der Waals surface area contributed by atoms with Gasteiger partial charge in [-0.3, -0.25) is 9.10 Å². The minimum absolute atomic E-state index is 0.0833. The third kappa shape index (κ3) is 4.41. The smallest absolute Gasteiger partial charge is 0.264 e. The average Bonchev–Trinajstić information content (AvgIpc) is 2.84. The zero-order valence-corrected chi connectivity index (χ0v) is 18.2. The summed E-state index contributed by atoms with van der Waals surface area (Å²) in [5.74, 6) is -0.0833. The van der Waals surface area contributed by atoms with E-state index in [-0.39, 0.29) is 10.8 Å². The van der Waals surface area contributed by atoms with Crippen molar-refractivity contribution in [2.75, 3.05) is 42.4 Å². The van der Waals surface area contributed by atoms with Crippen molar-refractivity contribution in [2.45, 2.75) is 4.90 Å². The monoisotopic (exact) mass is 435 g/mol. The minimum atomic E-state index is -3.70. The highest BCUT2D eigenvalue weighted by atomic mass is 32.2. The second-order valence-electron chi connectivity index (χ2n) is 7.45. The third-order valence-corrected chi connectivity index (χ3v) is 7.35. The van der Waals surface area contributed by atoms with Crippen molar-refractivity contribution in [3.8, 4) is 0 Å². The second-order valence-corrected chi connectivity index (χ2v) is 9.42. The quantitative estimate of drug-likeness (QED) is 0.616. The SMILES string of the molecule is CN(c1cccc(C(=O)N2CCN(c3ccccc3)CC2)c1)S(=O)(=O)c1ccccc1. The largest absolute Gasteiger partial charge is 0.368 e. The lowest BCUT2D eigenvalue weighted by Gasteiger charge is -2.36. The van der Waals surface area contributed by atoms with Crippen LogP contribution >= 0.6 is 0 Å². The van der Waals surface area contributed by atoms with E-state index in [2.05, 4.69) is 17.0 Å². The van der Waals surface area contributed by atoms with E-state index < -0.39 is 10.0 Å². The number of rotatable bonds is 5. The molecule has 4 rings (SSSR count).